The van der Waals surface area contributed by atoms with E-state index in [0.29, 0.717) is 5.02 Å². The molecule has 0 aliphatic heterocycles. The number of hydrogen-bond acceptors (Lipinski definition) is 2. The zero-order chi connectivity index (χ0) is 10.6. The molecule has 0 aromatic heterocycles. The van der Waals surface area contributed by atoms with E-state index in [0.717, 1.165) is 5.56 Å². The first-order valence-electron chi connectivity index (χ1n) is 4.13. The molecule has 0 fully saturated rings. The molecule has 0 amide bonds. The van der Waals surface area contributed by atoms with Crippen LogP contribution in [0.15, 0.2) is 24.3 Å². The van der Waals surface area contributed by atoms with Gasteiger partial charge in [0.25, 0.3) is 0 Å². The van der Waals surface area contributed by atoms with Gasteiger partial charge in [0.15, 0.2) is 0 Å². The molecule has 4 heteroatoms. The largest absolute Gasteiger partial charge is 0.481 e. The van der Waals surface area contributed by atoms with E-state index >= 15 is 0 Å². The summed E-state index contributed by atoms with van der Waals surface area (Å²) < 4.78 is 5.06. The van der Waals surface area contributed by atoms with Crippen LogP contribution in [0.4, 0.5) is 0 Å². The summed E-state index contributed by atoms with van der Waals surface area (Å²) in [6.45, 7) is 0. The van der Waals surface area contributed by atoms with Gasteiger partial charge in [-0.05, 0) is 17.7 Å². The Hall–Kier alpha value is -1.06. The third kappa shape index (κ3) is 3.01. The van der Waals surface area contributed by atoms with Crippen LogP contribution in [0.3, 0.4) is 0 Å². The quantitative estimate of drug-likeness (QED) is 0.838. The van der Waals surface area contributed by atoms with Gasteiger partial charge in [0, 0.05) is 12.1 Å². The van der Waals surface area contributed by atoms with Gasteiger partial charge < -0.3 is 9.84 Å². The van der Waals surface area contributed by atoms with E-state index in [-0.39, 0.29) is 6.42 Å². The molecule has 1 aromatic rings. The van der Waals surface area contributed by atoms with Gasteiger partial charge >= 0.3 is 5.97 Å². The monoisotopic (exact) mass is 214 g/mol. The predicted molar refractivity (Wildman–Crippen MR) is 53.5 cm³/mol. The number of aliphatic carboxylic acids is 1. The van der Waals surface area contributed by atoms with Crippen molar-refractivity contribution in [1.29, 1.82) is 0 Å². The number of rotatable bonds is 4. The molecule has 0 saturated carbocycles. The molecule has 3 nitrogen and oxygen atoms in total. The topological polar surface area (TPSA) is 46.5 Å². The molecular weight excluding hydrogens is 204 g/mol. The molecule has 0 spiro atoms. The number of carboxylic acids is 1. The smallest absolute Gasteiger partial charge is 0.306 e. The molecule has 0 aliphatic rings. The van der Waals surface area contributed by atoms with Crippen molar-refractivity contribution in [2.45, 2.75) is 12.5 Å². The lowest BCUT2D eigenvalue weighted by atomic mass is 10.1. The lowest BCUT2D eigenvalue weighted by Crippen LogP contribution is -2.07. The Morgan fingerprint density at radius 3 is 2.86 bits per heavy atom. The Labute approximate surface area is 87.3 Å². The molecule has 0 aliphatic carbocycles. The van der Waals surface area contributed by atoms with E-state index in [1.807, 2.05) is 0 Å². The lowest BCUT2D eigenvalue weighted by Gasteiger charge is -2.13. The van der Waals surface area contributed by atoms with Crippen molar-refractivity contribution in [1.82, 2.24) is 0 Å². The van der Waals surface area contributed by atoms with E-state index < -0.39 is 12.1 Å². The van der Waals surface area contributed by atoms with Crippen molar-refractivity contribution in [3.8, 4) is 0 Å². The van der Waals surface area contributed by atoms with E-state index in [4.69, 9.17) is 21.4 Å². The molecule has 1 N–H and O–H groups in total. The molecule has 76 valence electrons. The lowest BCUT2D eigenvalue weighted by molar-refractivity contribution is -0.139. The summed E-state index contributed by atoms with van der Waals surface area (Å²) in [5.41, 5.74) is 0.780. The highest BCUT2D eigenvalue weighted by Gasteiger charge is 2.14. The molecule has 1 rings (SSSR count). The normalized spacial score (nSPS) is 12.4. The maximum absolute atomic E-state index is 10.5. The summed E-state index contributed by atoms with van der Waals surface area (Å²) in [5, 5.41) is 9.21. The highest BCUT2D eigenvalue weighted by molar-refractivity contribution is 6.30. The summed E-state index contributed by atoms with van der Waals surface area (Å²) in [6, 6.07) is 7.01. The Balaban J connectivity index is 2.83. The molecule has 0 bridgehead atoms. The van der Waals surface area contributed by atoms with Crippen molar-refractivity contribution < 1.29 is 14.6 Å². The van der Waals surface area contributed by atoms with Crippen molar-refractivity contribution in [2.75, 3.05) is 7.11 Å². The van der Waals surface area contributed by atoms with Crippen LogP contribution in [0.25, 0.3) is 0 Å². The molecule has 1 unspecified atom stereocenters. The summed E-state index contributed by atoms with van der Waals surface area (Å²) in [5.74, 6) is -0.892. The fourth-order valence-corrected chi connectivity index (χ4v) is 1.40. The molecular formula is C10H11ClO3. The van der Waals surface area contributed by atoms with Crippen LogP contribution in [-0.4, -0.2) is 18.2 Å². The SMILES string of the molecule is COC(CC(=O)O)c1cccc(Cl)c1. The number of carbonyl (C=O) groups is 1. The van der Waals surface area contributed by atoms with Gasteiger partial charge in [-0.3, -0.25) is 4.79 Å². The van der Waals surface area contributed by atoms with Crippen molar-refractivity contribution in [3.63, 3.8) is 0 Å². The first-order valence-corrected chi connectivity index (χ1v) is 4.51. The van der Waals surface area contributed by atoms with Gasteiger partial charge in [-0.25, -0.2) is 0 Å². The standard InChI is InChI=1S/C10H11ClO3/c1-14-9(6-10(12)13)7-3-2-4-8(11)5-7/h2-5,9H,6H2,1H3,(H,12,13). The third-order valence-corrected chi connectivity index (χ3v) is 2.10. The first kappa shape index (κ1) is 11.0. The van der Waals surface area contributed by atoms with E-state index in [1.54, 1.807) is 24.3 Å². The zero-order valence-electron chi connectivity index (χ0n) is 7.74. The van der Waals surface area contributed by atoms with E-state index in [9.17, 15) is 4.79 Å². The molecule has 0 radical (unpaired) electrons. The average molecular weight is 215 g/mol. The summed E-state index contributed by atoms with van der Waals surface area (Å²) in [6.07, 6.45) is -0.497. The van der Waals surface area contributed by atoms with Crippen LogP contribution in [0.1, 0.15) is 18.1 Å². The minimum atomic E-state index is -0.892. The van der Waals surface area contributed by atoms with Gasteiger partial charge in [-0.15, -0.1) is 0 Å². The number of hydrogen-bond donors (Lipinski definition) is 1. The van der Waals surface area contributed by atoms with Gasteiger partial charge in [-0.2, -0.15) is 0 Å². The number of benzene rings is 1. The van der Waals surface area contributed by atoms with Crippen LogP contribution in [-0.2, 0) is 9.53 Å². The van der Waals surface area contributed by atoms with Crippen molar-refractivity contribution in [3.05, 3.63) is 34.9 Å². The Bertz CT molecular complexity index is 325. The molecule has 0 heterocycles. The van der Waals surface area contributed by atoms with Crippen LogP contribution in [0.5, 0.6) is 0 Å². The highest BCUT2D eigenvalue weighted by atomic mass is 35.5. The van der Waals surface area contributed by atoms with Crippen LogP contribution in [0.2, 0.25) is 5.02 Å². The second-order valence-corrected chi connectivity index (χ2v) is 3.31. The van der Waals surface area contributed by atoms with Gasteiger partial charge in [-0.1, -0.05) is 23.7 Å². The van der Waals surface area contributed by atoms with Gasteiger partial charge in [0.05, 0.1) is 12.5 Å². The molecule has 1 aromatic carbocycles. The second kappa shape index (κ2) is 4.98. The van der Waals surface area contributed by atoms with Gasteiger partial charge in [0.1, 0.15) is 0 Å². The Morgan fingerprint density at radius 1 is 1.64 bits per heavy atom. The average Bonchev–Trinajstić information content (AvgIpc) is 2.14. The summed E-state index contributed by atoms with van der Waals surface area (Å²) in [7, 11) is 1.48. The molecule has 14 heavy (non-hydrogen) atoms. The first-order chi connectivity index (χ1) is 6.63. The summed E-state index contributed by atoms with van der Waals surface area (Å²) in [4.78, 5) is 10.5. The second-order valence-electron chi connectivity index (χ2n) is 2.88. The van der Waals surface area contributed by atoms with Crippen LogP contribution < -0.4 is 0 Å². The Morgan fingerprint density at radius 2 is 2.36 bits per heavy atom. The highest BCUT2D eigenvalue weighted by Crippen LogP contribution is 2.22. The summed E-state index contributed by atoms with van der Waals surface area (Å²) >= 11 is 5.78. The molecule has 0 saturated heterocycles. The van der Waals surface area contributed by atoms with Crippen LogP contribution in [0, 0.1) is 0 Å². The van der Waals surface area contributed by atoms with Crippen molar-refractivity contribution >= 4 is 17.6 Å². The fourth-order valence-electron chi connectivity index (χ4n) is 1.20. The number of halogens is 1. The minimum absolute atomic E-state index is 0.0587. The maximum Gasteiger partial charge on any atom is 0.306 e. The number of carboxylic acid groups (broad SMARTS) is 1. The number of methoxy groups -OCH3 is 1. The predicted octanol–water partition coefficient (Wildman–Crippen LogP) is 2.50. The van der Waals surface area contributed by atoms with Crippen LogP contribution >= 0.6 is 11.6 Å². The van der Waals surface area contributed by atoms with Gasteiger partial charge in [0.2, 0.25) is 0 Å². The number of ether oxygens (including phenoxy) is 1. The minimum Gasteiger partial charge on any atom is -0.481 e. The van der Waals surface area contributed by atoms with Crippen molar-refractivity contribution in [2.24, 2.45) is 0 Å². The maximum atomic E-state index is 10.5. The fraction of sp³-hybridized carbons (Fsp3) is 0.300. The van der Waals surface area contributed by atoms with E-state index in [1.165, 1.54) is 7.11 Å². The Kier molecular flexibility index (Phi) is 3.92. The third-order valence-electron chi connectivity index (χ3n) is 1.86. The van der Waals surface area contributed by atoms with E-state index in [2.05, 4.69) is 0 Å². The molecule has 1 atom stereocenters. The zero-order valence-corrected chi connectivity index (χ0v) is 8.49.